The van der Waals surface area contributed by atoms with Crippen molar-refractivity contribution < 1.29 is 22.7 Å². The summed E-state index contributed by atoms with van der Waals surface area (Å²) in [7, 11) is -3.57. The van der Waals surface area contributed by atoms with Gasteiger partial charge in [-0.3, -0.25) is 4.79 Å². The number of fused-ring (bicyclic) bond motifs is 2. The van der Waals surface area contributed by atoms with E-state index in [0.29, 0.717) is 58.8 Å². The van der Waals surface area contributed by atoms with Crippen LogP contribution in [0.15, 0.2) is 47.6 Å². The van der Waals surface area contributed by atoms with Crippen LogP contribution >= 0.6 is 0 Å². The van der Waals surface area contributed by atoms with Crippen molar-refractivity contribution in [2.24, 2.45) is 0 Å². The Labute approximate surface area is 181 Å². The molecule has 0 N–H and O–H groups in total. The van der Waals surface area contributed by atoms with Gasteiger partial charge in [0.05, 0.1) is 24.7 Å². The second kappa shape index (κ2) is 8.01. The SMILES string of the molecule is O=C([C@@H]1Cn2ccnc2C2(CCN(S(=O)(=O)c3ccccc3)CC2)O1)N1CCOCC1. The summed E-state index contributed by atoms with van der Waals surface area (Å²) in [6.45, 7) is 3.22. The van der Waals surface area contributed by atoms with E-state index in [1.807, 2.05) is 10.8 Å². The monoisotopic (exact) mass is 446 g/mol. The summed E-state index contributed by atoms with van der Waals surface area (Å²) in [5, 5.41) is 0. The smallest absolute Gasteiger partial charge is 0.253 e. The van der Waals surface area contributed by atoms with Gasteiger partial charge in [0, 0.05) is 38.6 Å². The number of hydrogen-bond acceptors (Lipinski definition) is 6. The van der Waals surface area contributed by atoms with Gasteiger partial charge in [-0.05, 0) is 25.0 Å². The Hall–Kier alpha value is -2.27. The van der Waals surface area contributed by atoms with Crippen molar-refractivity contribution >= 4 is 15.9 Å². The number of carbonyl (C=O) groups excluding carboxylic acids is 1. The molecule has 0 saturated carbocycles. The molecule has 4 heterocycles. The topological polar surface area (TPSA) is 94.0 Å². The number of nitrogens with zero attached hydrogens (tertiary/aromatic N) is 4. The standard InChI is InChI=1S/C21H26N4O5S/c26-19(23-12-14-29-15-13-23)18-16-24-11-8-22-20(24)21(30-18)6-9-25(10-7-21)31(27,28)17-4-2-1-3-5-17/h1-5,8,11,18H,6-7,9-10,12-16H2/t18-/m0/s1. The number of morpholine rings is 1. The largest absolute Gasteiger partial charge is 0.378 e. The fraction of sp³-hybridized carbons (Fsp3) is 0.524. The third-order valence-corrected chi connectivity index (χ3v) is 8.28. The Morgan fingerprint density at radius 3 is 2.48 bits per heavy atom. The zero-order valence-corrected chi connectivity index (χ0v) is 18.0. The zero-order chi connectivity index (χ0) is 21.5. The summed E-state index contributed by atoms with van der Waals surface area (Å²) >= 11 is 0. The Morgan fingerprint density at radius 2 is 1.77 bits per heavy atom. The lowest BCUT2D eigenvalue weighted by Gasteiger charge is -2.46. The van der Waals surface area contributed by atoms with Gasteiger partial charge in [-0.1, -0.05) is 18.2 Å². The molecule has 2 aromatic rings. The van der Waals surface area contributed by atoms with Gasteiger partial charge in [-0.25, -0.2) is 13.4 Å². The summed E-state index contributed by atoms with van der Waals surface area (Å²) in [5.74, 6) is 0.733. The second-order valence-corrected chi connectivity index (χ2v) is 10.1. The predicted octanol–water partition coefficient (Wildman–Crippen LogP) is 0.821. The molecular formula is C21H26N4O5S. The van der Waals surface area contributed by atoms with Gasteiger partial charge in [0.1, 0.15) is 11.4 Å². The van der Waals surface area contributed by atoms with E-state index in [1.54, 1.807) is 41.4 Å². The average Bonchev–Trinajstić information content (AvgIpc) is 3.30. The molecule has 1 aromatic carbocycles. The van der Waals surface area contributed by atoms with E-state index in [-0.39, 0.29) is 10.8 Å². The van der Waals surface area contributed by atoms with Crippen molar-refractivity contribution in [2.75, 3.05) is 39.4 Å². The van der Waals surface area contributed by atoms with E-state index in [1.165, 1.54) is 4.31 Å². The molecule has 2 fully saturated rings. The van der Waals surface area contributed by atoms with Gasteiger partial charge in [0.2, 0.25) is 10.0 Å². The van der Waals surface area contributed by atoms with Crippen molar-refractivity contribution in [1.29, 1.82) is 0 Å². The average molecular weight is 447 g/mol. The highest BCUT2D eigenvalue weighted by molar-refractivity contribution is 7.89. The molecule has 1 spiro atoms. The van der Waals surface area contributed by atoms with Gasteiger partial charge in [0.15, 0.2) is 6.10 Å². The summed E-state index contributed by atoms with van der Waals surface area (Å²) < 4.78 is 41.3. The molecule has 3 aliphatic rings. The molecule has 1 atom stereocenters. The minimum absolute atomic E-state index is 0.0404. The molecule has 1 amide bonds. The fourth-order valence-corrected chi connectivity index (χ4v) is 6.15. The van der Waals surface area contributed by atoms with Crippen LogP contribution in [0.5, 0.6) is 0 Å². The summed E-state index contributed by atoms with van der Waals surface area (Å²) in [4.78, 5) is 19.7. The van der Waals surface area contributed by atoms with Crippen LogP contribution in [-0.4, -0.2) is 78.6 Å². The van der Waals surface area contributed by atoms with Crippen LogP contribution in [0, 0.1) is 0 Å². The zero-order valence-electron chi connectivity index (χ0n) is 17.2. The first-order valence-corrected chi connectivity index (χ1v) is 12.0. The number of imidazole rings is 1. The number of amides is 1. The van der Waals surface area contributed by atoms with Crippen LogP contribution in [0.25, 0.3) is 0 Å². The minimum Gasteiger partial charge on any atom is -0.378 e. The van der Waals surface area contributed by atoms with Crippen LogP contribution in [-0.2, 0) is 36.4 Å². The molecule has 0 unspecified atom stereocenters. The molecule has 10 heteroatoms. The molecule has 31 heavy (non-hydrogen) atoms. The van der Waals surface area contributed by atoms with E-state index in [4.69, 9.17) is 9.47 Å². The molecule has 5 rings (SSSR count). The van der Waals surface area contributed by atoms with Crippen molar-refractivity contribution in [3.8, 4) is 0 Å². The second-order valence-electron chi connectivity index (χ2n) is 8.16. The third kappa shape index (κ3) is 3.67. The van der Waals surface area contributed by atoms with Gasteiger partial charge < -0.3 is 18.9 Å². The van der Waals surface area contributed by atoms with Crippen LogP contribution in [0.3, 0.4) is 0 Å². The number of rotatable bonds is 3. The number of piperidine rings is 1. The molecule has 3 aliphatic heterocycles. The number of carbonyl (C=O) groups is 1. The normalized spacial score (nSPS) is 24.1. The molecule has 0 aliphatic carbocycles. The summed E-state index contributed by atoms with van der Waals surface area (Å²) in [6, 6.07) is 8.47. The van der Waals surface area contributed by atoms with E-state index in [9.17, 15) is 13.2 Å². The number of aromatic nitrogens is 2. The van der Waals surface area contributed by atoms with Crippen molar-refractivity contribution in [1.82, 2.24) is 18.8 Å². The van der Waals surface area contributed by atoms with Gasteiger partial charge in [-0.15, -0.1) is 0 Å². The van der Waals surface area contributed by atoms with Crippen molar-refractivity contribution in [3.05, 3.63) is 48.5 Å². The lowest BCUT2D eigenvalue weighted by atomic mass is 9.89. The molecule has 166 valence electrons. The highest BCUT2D eigenvalue weighted by Crippen LogP contribution is 2.41. The number of ether oxygens (including phenoxy) is 2. The highest BCUT2D eigenvalue weighted by Gasteiger charge is 2.49. The van der Waals surface area contributed by atoms with Crippen LogP contribution in [0.1, 0.15) is 18.7 Å². The van der Waals surface area contributed by atoms with Gasteiger partial charge >= 0.3 is 0 Å². The molecule has 0 radical (unpaired) electrons. The third-order valence-electron chi connectivity index (χ3n) is 6.36. The highest BCUT2D eigenvalue weighted by atomic mass is 32.2. The number of benzene rings is 1. The Morgan fingerprint density at radius 1 is 1.06 bits per heavy atom. The fourth-order valence-electron chi connectivity index (χ4n) is 4.68. The Bertz CT molecular complexity index is 1040. The molecule has 2 saturated heterocycles. The minimum atomic E-state index is -3.57. The first-order chi connectivity index (χ1) is 15.0. The maximum absolute atomic E-state index is 13.1. The Kier molecular flexibility index (Phi) is 5.33. The number of sulfonamides is 1. The summed E-state index contributed by atoms with van der Waals surface area (Å²) in [5.41, 5.74) is -0.767. The first kappa shape index (κ1) is 20.6. The van der Waals surface area contributed by atoms with Gasteiger partial charge in [0.25, 0.3) is 5.91 Å². The summed E-state index contributed by atoms with van der Waals surface area (Å²) in [6.07, 6.45) is 3.87. The first-order valence-electron chi connectivity index (χ1n) is 10.6. The van der Waals surface area contributed by atoms with Crippen LogP contribution in [0.4, 0.5) is 0 Å². The van der Waals surface area contributed by atoms with Crippen molar-refractivity contribution in [2.45, 2.75) is 36.0 Å². The van der Waals surface area contributed by atoms with Gasteiger partial charge in [-0.2, -0.15) is 4.31 Å². The predicted molar refractivity (Wildman–Crippen MR) is 111 cm³/mol. The maximum Gasteiger partial charge on any atom is 0.253 e. The van der Waals surface area contributed by atoms with Crippen molar-refractivity contribution in [3.63, 3.8) is 0 Å². The molecule has 1 aromatic heterocycles. The number of hydrogen-bond donors (Lipinski definition) is 0. The lowest BCUT2D eigenvalue weighted by molar-refractivity contribution is -0.181. The molecule has 9 nitrogen and oxygen atoms in total. The molecular weight excluding hydrogens is 420 g/mol. The van der Waals surface area contributed by atoms with E-state index in [0.717, 1.165) is 5.82 Å². The van der Waals surface area contributed by atoms with E-state index >= 15 is 0 Å². The Balaban J connectivity index is 1.36. The van der Waals surface area contributed by atoms with Crippen LogP contribution in [0.2, 0.25) is 0 Å². The maximum atomic E-state index is 13.1. The van der Waals surface area contributed by atoms with E-state index < -0.39 is 21.7 Å². The van der Waals surface area contributed by atoms with Crippen LogP contribution < -0.4 is 0 Å². The lowest BCUT2D eigenvalue weighted by Crippen LogP contribution is -2.56. The quantitative estimate of drug-likeness (QED) is 0.693. The molecule has 0 bridgehead atoms. The van der Waals surface area contributed by atoms with E-state index in [2.05, 4.69) is 4.98 Å².